The van der Waals surface area contributed by atoms with E-state index in [4.69, 9.17) is 0 Å². The summed E-state index contributed by atoms with van der Waals surface area (Å²) >= 11 is 6.13. The van der Waals surface area contributed by atoms with Crippen molar-refractivity contribution < 1.29 is 4.39 Å². The first kappa shape index (κ1) is 8.14. The van der Waals surface area contributed by atoms with Gasteiger partial charge in [0.25, 0.3) is 0 Å². The van der Waals surface area contributed by atoms with Crippen LogP contribution in [0.1, 0.15) is 5.69 Å². The lowest BCUT2D eigenvalue weighted by Gasteiger charge is -1.97. The highest BCUT2D eigenvalue weighted by Gasteiger charge is 2.03. The van der Waals surface area contributed by atoms with Gasteiger partial charge < -0.3 is 0 Å². The van der Waals surface area contributed by atoms with Crippen LogP contribution in [0.15, 0.2) is 15.1 Å². The van der Waals surface area contributed by atoms with E-state index in [1.807, 2.05) is 0 Å². The van der Waals surface area contributed by atoms with E-state index < -0.39 is 0 Å². The van der Waals surface area contributed by atoms with Gasteiger partial charge in [0, 0.05) is 4.47 Å². The normalized spacial score (nSPS) is 10.0. The van der Waals surface area contributed by atoms with Gasteiger partial charge >= 0.3 is 0 Å². The minimum Gasteiger partial charge on any atom is -0.242 e. The first-order valence-electron chi connectivity index (χ1n) is 2.59. The fourth-order valence-electron chi connectivity index (χ4n) is 0.529. The molecule has 1 heterocycles. The minimum absolute atomic E-state index is 0.258. The van der Waals surface area contributed by atoms with Gasteiger partial charge in [-0.3, -0.25) is 0 Å². The number of aromatic nitrogens is 1. The molecule has 0 spiro atoms. The smallest absolute Gasteiger partial charge is 0.157 e. The molecule has 54 valence electrons. The highest BCUT2D eigenvalue weighted by molar-refractivity contribution is 9.11. The van der Waals surface area contributed by atoms with Crippen LogP contribution in [-0.2, 0) is 0 Å². The van der Waals surface area contributed by atoms with E-state index in [2.05, 4.69) is 36.8 Å². The molecule has 0 fully saturated rings. The molecule has 0 aromatic carbocycles. The Morgan fingerprint density at radius 3 is 2.60 bits per heavy atom. The molecule has 1 aromatic rings. The summed E-state index contributed by atoms with van der Waals surface area (Å²) in [4.78, 5) is 3.87. The molecule has 0 aliphatic heterocycles. The molecule has 4 heteroatoms. The van der Waals surface area contributed by atoms with Crippen molar-refractivity contribution in [3.8, 4) is 0 Å². The van der Waals surface area contributed by atoms with Crippen LogP contribution in [-0.4, -0.2) is 4.98 Å². The summed E-state index contributed by atoms with van der Waals surface area (Å²) in [6.45, 7) is 1.80. The number of rotatable bonds is 0. The van der Waals surface area contributed by atoms with Gasteiger partial charge in [0.2, 0.25) is 0 Å². The Morgan fingerprint density at radius 2 is 2.10 bits per heavy atom. The van der Waals surface area contributed by atoms with Gasteiger partial charge in [-0.1, -0.05) is 0 Å². The Labute approximate surface area is 74.9 Å². The maximum absolute atomic E-state index is 12.6. The molecule has 1 rings (SSSR count). The van der Waals surface area contributed by atoms with Crippen molar-refractivity contribution in [1.82, 2.24) is 4.98 Å². The molecular weight excluding hydrogens is 265 g/mol. The first-order chi connectivity index (χ1) is 4.61. The summed E-state index contributed by atoms with van der Waals surface area (Å²) in [6.07, 6.45) is 0. The van der Waals surface area contributed by atoms with Gasteiger partial charge in [-0.25, -0.2) is 9.37 Å². The maximum Gasteiger partial charge on any atom is 0.157 e. The zero-order chi connectivity index (χ0) is 7.72. The molecule has 0 saturated heterocycles. The Hall–Kier alpha value is 0.0400. The SMILES string of the molecule is Cc1nc(Br)c(F)cc1Br. The van der Waals surface area contributed by atoms with E-state index in [9.17, 15) is 4.39 Å². The number of hydrogen-bond donors (Lipinski definition) is 0. The highest BCUT2D eigenvalue weighted by Crippen LogP contribution is 2.20. The van der Waals surface area contributed by atoms with Crippen molar-refractivity contribution in [2.24, 2.45) is 0 Å². The zero-order valence-corrected chi connectivity index (χ0v) is 8.33. The standard InChI is InChI=1S/C6H4Br2FN/c1-3-4(7)2-5(9)6(8)10-3/h2H,1H3. The fourth-order valence-corrected chi connectivity index (χ4v) is 1.20. The number of halogens is 3. The molecule has 1 aromatic heterocycles. The van der Waals surface area contributed by atoms with E-state index >= 15 is 0 Å². The van der Waals surface area contributed by atoms with E-state index in [1.165, 1.54) is 6.07 Å². The maximum atomic E-state index is 12.6. The van der Waals surface area contributed by atoms with Crippen molar-refractivity contribution in [2.75, 3.05) is 0 Å². The Kier molecular flexibility index (Phi) is 2.41. The molecule has 0 unspecified atom stereocenters. The number of nitrogens with zero attached hydrogens (tertiary/aromatic N) is 1. The molecule has 0 aliphatic carbocycles. The summed E-state index contributed by atoms with van der Waals surface area (Å²) < 4.78 is 13.6. The second kappa shape index (κ2) is 2.96. The molecule has 0 radical (unpaired) electrons. The van der Waals surface area contributed by atoms with Crippen molar-refractivity contribution in [3.63, 3.8) is 0 Å². The minimum atomic E-state index is -0.350. The molecule has 0 atom stereocenters. The van der Waals surface area contributed by atoms with Crippen LogP contribution in [0.5, 0.6) is 0 Å². The second-order valence-electron chi connectivity index (χ2n) is 1.83. The molecular formula is C6H4Br2FN. The van der Waals surface area contributed by atoms with Crippen LogP contribution in [0.3, 0.4) is 0 Å². The van der Waals surface area contributed by atoms with Gasteiger partial charge in [-0.2, -0.15) is 0 Å². The highest BCUT2D eigenvalue weighted by atomic mass is 79.9. The van der Waals surface area contributed by atoms with Crippen LogP contribution in [0.2, 0.25) is 0 Å². The fraction of sp³-hybridized carbons (Fsp3) is 0.167. The van der Waals surface area contributed by atoms with Gasteiger partial charge in [0.15, 0.2) is 5.82 Å². The molecule has 0 saturated carbocycles. The van der Waals surface area contributed by atoms with Crippen LogP contribution >= 0.6 is 31.9 Å². The Bertz CT molecular complexity index is 212. The Morgan fingerprint density at radius 1 is 1.50 bits per heavy atom. The van der Waals surface area contributed by atoms with Gasteiger partial charge in [0.1, 0.15) is 4.60 Å². The molecule has 10 heavy (non-hydrogen) atoms. The molecule has 0 bridgehead atoms. The molecule has 1 nitrogen and oxygen atoms in total. The lowest BCUT2D eigenvalue weighted by molar-refractivity contribution is 0.610. The topological polar surface area (TPSA) is 12.9 Å². The van der Waals surface area contributed by atoms with Crippen molar-refractivity contribution >= 4 is 31.9 Å². The summed E-state index contributed by atoms with van der Waals surface area (Å²) in [5.74, 6) is -0.350. The van der Waals surface area contributed by atoms with E-state index in [0.717, 1.165) is 5.69 Å². The van der Waals surface area contributed by atoms with Crippen molar-refractivity contribution in [3.05, 3.63) is 26.7 Å². The van der Waals surface area contributed by atoms with E-state index in [1.54, 1.807) is 6.92 Å². The third-order valence-corrected chi connectivity index (χ3v) is 2.42. The second-order valence-corrected chi connectivity index (χ2v) is 3.43. The van der Waals surface area contributed by atoms with Crippen LogP contribution in [0.25, 0.3) is 0 Å². The largest absolute Gasteiger partial charge is 0.242 e. The van der Waals surface area contributed by atoms with Crippen LogP contribution in [0.4, 0.5) is 4.39 Å². The lowest BCUT2D eigenvalue weighted by atomic mass is 10.4. The molecule has 0 amide bonds. The molecule has 0 aliphatic rings. The van der Waals surface area contributed by atoms with Crippen LogP contribution in [0, 0.1) is 12.7 Å². The van der Waals surface area contributed by atoms with Crippen molar-refractivity contribution in [1.29, 1.82) is 0 Å². The summed E-state index contributed by atoms with van der Waals surface area (Å²) in [5.41, 5.74) is 0.772. The van der Waals surface area contributed by atoms with E-state index in [0.29, 0.717) is 4.47 Å². The average Bonchev–Trinajstić information content (AvgIpc) is 1.84. The predicted octanol–water partition coefficient (Wildman–Crippen LogP) is 3.05. The quantitative estimate of drug-likeness (QED) is 0.659. The van der Waals surface area contributed by atoms with E-state index in [-0.39, 0.29) is 10.4 Å². The van der Waals surface area contributed by atoms with Crippen LogP contribution < -0.4 is 0 Å². The summed E-state index contributed by atoms with van der Waals surface area (Å²) in [6, 6.07) is 1.38. The monoisotopic (exact) mass is 267 g/mol. The number of hydrogen-bond acceptors (Lipinski definition) is 1. The predicted molar refractivity (Wildman–Crippen MR) is 44.3 cm³/mol. The third-order valence-electron chi connectivity index (χ3n) is 1.06. The van der Waals surface area contributed by atoms with Gasteiger partial charge in [0.05, 0.1) is 5.69 Å². The van der Waals surface area contributed by atoms with Crippen molar-refractivity contribution in [2.45, 2.75) is 6.92 Å². The lowest BCUT2D eigenvalue weighted by Crippen LogP contribution is -1.87. The summed E-state index contributed by atoms with van der Waals surface area (Å²) in [7, 11) is 0. The average molecular weight is 269 g/mol. The van der Waals surface area contributed by atoms with Gasteiger partial charge in [-0.15, -0.1) is 0 Å². The number of pyridine rings is 1. The molecule has 0 N–H and O–H groups in total. The third kappa shape index (κ3) is 1.55. The number of aryl methyl sites for hydroxylation is 1. The first-order valence-corrected chi connectivity index (χ1v) is 4.18. The van der Waals surface area contributed by atoms with Gasteiger partial charge in [-0.05, 0) is 44.8 Å². The Balaban J connectivity index is 3.28. The zero-order valence-electron chi connectivity index (χ0n) is 5.16. The summed E-state index contributed by atoms with van der Waals surface area (Å²) in [5, 5.41) is 0.